The fourth-order valence-corrected chi connectivity index (χ4v) is 6.02. The number of thioether (sulfide) groups is 1. The number of hydrogen-bond acceptors (Lipinski definition) is 6. The van der Waals surface area contributed by atoms with Gasteiger partial charge in [0.05, 0.1) is 12.0 Å². The summed E-state index contributed by atoms with van der Waals surface area (Å²) in [5.41, 5.74) is 7.33. The number of carboxylic acids is 1. The Labute approximate surface area is 298 Å². The van der Waals surface area contributed by atoms with Crippen LogP contribution in [0.5, 0.6) is 0 Å². The molecule has 48 heavy (non-hydrogen) atoms. The Morgan fingerprint density at radius 2 is 1.33 bits per heavy atom. The van der Waals surface area contributed by atoms with Gasteiger partial charge in [-0.25, -0.2) is 0 Å². The van der Waals surface area contributed by atoms with Crippen LogP contribution in [-0.4, -0.2) is 35.7 Å². The monoisotopic (exact) mass is 648 g/mol. The van der Waals surface area contributed by atoms with E-state index in [1.54, 1.807) is 6.07 Å². The van der Waals surface area contributed by atoms with Crippen molar-refractivity contribution < 1.29 is 38.4 Å². The van der Waals surface area contributed by atoms with Gasteiger partial charge in [-0.15, -0.1) is 0 Å². The Hall–Kier alpha value is -4.54. The number of rotatable bonds is 14. The number of carbonyl (C=O) groups excluding carboxylic acids is 3. The Kier molecular flexibility index (Phi) is 13.3. The average molecular weight is 649 g/mol. The van der Waals surface area contributed by atoms with Gasteiger partial charge >= 0.3 is 18.9 Å². The van der Waals surface area contributed by atoms with Crippen molar-refractivity contribution in [1.29, 1.82) is 0 Å². The van der Waals surface area contributed by atoms with Gasteiger partial charge in [0.2, 0.25) is 0 Å². The maximum Gasteiger partial charge on any atom is 1.00 e. The van der Waals surface area contributed by atoms with E-state index in [1.165, 1.54) is 11.8 Å². The van der Waals surface area contributed by atoms with Gasteiger partial charge in [-0.2, -0.15) is 11.8 Å². The summed E-state index contributed by atoms with van der Waals surface area (Å²) >= 11 is 1.52. The average Bonchev–Trinajstić information content (AvgIpc) is 3.10. The number of carbonyl (C=O) groups is 3. The summed E-state index contributed by atoms with van der Waals surface area (Å²) in [4.78, 5) is 40.7. The third-order valence-electron chi connectivity index (χ3n) is 8.08. The third kappa shape index (κ3) is 9.29. The molecule has 1 amide bonds. The van der Waals surface area contributed by atoms with E-state index in [4.69, 9.17) is 0 Å². The van der Waals surface area contributed by atoms with E-state index in [-0.39, 0.29) is 31.1 Å². The van der Waals surface area contributed by atoms with E-state index >= 15 is 0 Å². The van der Waals surface area contributed by atoms with Crippen molar-refractivity contribution >= 4 is 35.1 Å². The minimum Gasteiger partial charge on any atom is -0.548 e. The molecule has 0 spiro atoms. The molecule has 0 radical (unpaired) electrons. The summed E-state index contributed by atoms with van der Waals surface area (Å²) in [6.07, 6.45) is 2.17. The van der Waals surface area contributed by atoms with Crippen molar-refractivity contribution in [3.05, 3.63) is 161 Å². The number of carboxylic acid groups (broad SMARTS) is 1. The largest absolute Gasteiger partial charge is 1.00 e. The number of aryl methyl sites for hydroxylation is 1. The smallest absolute Gasteiger partial charge is 0.548 e. The van der Waals surface area contributed by atoms with Crippen LogP contribution >= 0.6 is 11.8 Å². The zero-order chi connectivity index (χ0) is 33.2. The maximum absolute atomic E-state index is 13.6. The van der Waals surface area contributed by atoms with Gasteiger partial charge in [-0.05, 0) is 89.6 Å². The summed E-state index contributed by atoms with van der Waals surface area (Å²) in [5, 5.41) is 14.5. The van der Waals surface area contributed by atoms with Gasteiger partial charge in [0.15, 0.2) is 5.78 Å². The third-order valence-corrected chi connectivity index (χ3v) is 8.73. The van der Waals surface area contributed by atoms with E-state index in [0.717, 1.165) is 33.5 Å². The number of nitrogens with one attached hydrogen (secondary N) is 1. The Bertz CT molecular complexity index is 1830. The topological polar surface area (TPSA) is 89.5 Å². The van der Waals surface area contributed by atoms with Gasteiger partial charge in [0.1, 0.15) is 0 Å². The molecule has 0 bridgehead atoms. The van der Waals surface area contributed by atoms with Crippen LogP contribution in [0.2, 0.25) is 0 Å². The van der Waals surface area contributed by atoms with Gasteiger partial charge in [0.25, 0.3) is 5.91 Å². The number of hydrogen-bond donors (Lipinski definition) is 1. The number of ketones is 1. The van der Waals surface area contributed by atoms with E-state index in [1.807, 2.05) is 122 Å². The fraction of sp³-hybridized carbons (Fsp3) is 0.175. The van der Waals surface area contributed by atoms with Crippen LogP contribution in [0, 0.1) is 6.92 Å². The Morgan fingerprint density at radius 1 is 0.729 bits per heavy atom. The molecule has 5 aromatic carbocycles. The number of aliphatic carboxylic acids is 1. The van der Waals surface area contributed by atoms with Crippen molar-refractivity contribution in [2.45, 2.75) is 32.5 Å². The van der Waals surface area contributed by atoms with Crippen LogP contribution in [0.15, 0.2) is 127 Å². The van der Waals surface area contributed by atoms with Crippen molar-refractivity contribution in [2.75, 3.05) is 16.9 Å². The summed E-state index contributed by atoms with van der Waals surface area (Å²) in [7, 11) is 0. The van der Waals surface area contributed by atoms with Gasteiger partial charge in [-0.1, -0.05) is 91.0 Å². The van der Waals surface area contributed by atoms with Crippen LogP contribution in [0.4, 0.5) is 5.69 Å². The molecule has 0 aliphatic rings. The molecular formula is C40H37LiN2O4S. The van der Waals surface area contributed by atoms with Crippen molar-refractivity contribution in [1.82, 2.24) is 5.32 Å². The first kappa shape index (κ1) is 36.3. The van der Waals surface area contributed by atoms with Crippen LogP contribution in [-0.2, 0) is 17.9 Å². The first-order valence-corrected chi connectivity index (χ1v) is 16.9. The van der Waals surface area contributed by atoms with E-state index in [9.17, 15) is 19.5 Å². The SMILES string of the molecule is CSCCC(NC(=O)c1ccc(CN(Cc2ccccc2)c2ccc(C(=O)c3ccccc3)cc2)cc1-c1ccccc1C)C(=O)[O-].[Li+]. The number of anilines is 1. The van der Waals surface area contributed by atoms with Gasteiger partial charge < -0.3 is 20.1 Å². The molecule has 0 saturated carbocycles. The first-order chi connectivity index (χ1) is 22.8. The van der Waals surface area contributed by atoms with Crippen molar-refractivity contribution in [3.8, 4) is 11.1 Å². The molecule has 0 fully saturated rings. The molecule has 238 valence electrons. The van der Waals surface area contributed by atoms with Crippen molar-refractivity contribution in [2.24, 2.45) is 0 Å². The predicted molar refractivity (Wildman–Crippen MR) is 189 cm³/mol. The quantitative estimate of drug-likeness (QED) is 0.146. The second-order valence-electron chi connectivity index (χ2n) is 11.4. The van der Waals surface area contributed by atoms with Crippen LogP contribution < -0.4 is 34.2 Å². The zero-order valence-electron chi connectivity index (χ0n) is 27.5. The minimum atomic E-state index is -1.30. The van der Waals surface area contributed by atoms with Gasteiger partial charge in [0, 0.05) is 35.5 Å². The molecule has 1 atom stereocenters. The molecule has 1 unspecified atom stereocenters. The number of amides is 1. The van der Waals surface area contributed by atoms with Gasteiger partial charge in [-0.3, -0.25) is 9.59 Å². The van der Waals surface area contributed by atoms with Crippen molar-refractivity contribution in [3.63, 3.8) is 0 Å². The van der Waals surface area contributed by atoms with Crippen LogP contribution in [0.25, 0.3) is 11.1 Å². The Balaban J connectivity index is 0.00000520. The second kappa shape index (κ2) is 17.6. The van der Waals surface area contributed by atoms with Crippen LogP contribution in [0.3, 0.4) is 0 Å². The maximum atomic E-state index is 13.6. The van der Waals surface area contributed by atoms with Crippen LogP contribution in [0.1, 0.15) is 49.4 Å². The Morgan fingerprint density at radius 3 is 1.98 bits per heavy atom. The molecule has 5 aromatic rings. The van der Waals surface area contributed by atoms with E-state index in [0.29, 0.717) is 35.5 Å². The summed E-state index contributed by atoms with van der Waals surface area (Å²) in [6, 6.07) is 39.5. The minimum absolute atomic E-state index is 0. The molecule has 0 aliphatic heterocycles. The molecule has 6 nitrogen and oxygen atoms in total. The fourth-order valence-electron chi connectivity index (χ4n) is 5.55. The van der Waals surface area contributed by atoms with E-state index in [2.05, 4.69) is 22.3 Å². The normalized spacial score (nSPS) is 11.2. The number of benzene rings is 5. The standard InChI is InChI=1S/C40H38N2O4S.Li/c1-28-11-9-10-16-34(28)36-25-30(17-22-35(36)39(44)41-37(40(45)46)23-24-47-2)27-42(26-29-12-5-3-6-13-29)33-20-18-32(19-21-33)38(43)31-14-7-4-8-15-31;/h3-22,25,37H,23-24,26-27H2,1-2H3,(H,41,44)(H,45,46);/q;+1/p-1. The summed E-state index contributed by atoms with van der Waals surface area (Å²) in [5.74, 6) is -1.20. The molecule has 0 heterocycles. The number of nitrogens with zero attached hydrogens (tertiary/aromatic N) is 1. The molecule has 0 saturated heterocycles. The molecular weight excluding hydrogens is 611 g/mol. The second-order valence-corrected chi connectivity index (χ2v) is 12.4. The summed E-state index contributed by atoms with van der Waals surface area (Å²) < 4.78 is 0. The first-order valence-electron chi connectivity index (χ1n) is 15.5. The molecule has 8 heteroatoms. The molecule has 0 aromatic heterocycles. The molecule has 1 N–H and O–H groups in total. The summed E-state index contributed by atoms with van der Waals surface area (Å²) in [6.45, 7) is 3.14. The predicted octanol–water partition coefficient (Wildman–Crippen LogP) is 3.71. The molecule has 5 rings (SSSR count). The molecule has 0 aliphatic carbocycles. The van der Waals surface area contributed by atoms with E-state index < -0.39 is 17.9 Å². The zero-order valence-corrected chi connectivity index (χ0v) is 28.3.